The summed E-state index contributed by atoms with van der Waals surface area (Å²) in [5.74, 6) is 1.00. The lowest BCUT2D eigenvalue weighted by molar-refractivity contribution is 0.465. The summed E-state index contributed by atoms with van der Waals surface area (Å²) in [7, 11) is 0. The van der Waals surface area contributed by atoms with E-state index in [1.807, 2.05) is 42.6 Å². The lowest BCUT2D eigenvalue weighted by Gasteiger charge is -2.32. The minimum absolute atomic E-state index is 0.472. The van der Waals surface area contributed by atoms with Crippen LogP contribution in [0.5, 0.6) is 0 Å². The van der Waals surface area contributed by atoms with Crippen molar-refractivity contribution in [2.24, 2.45) is 0 Å². The predicted octanol–water partition coefficient (Wildman–Crippen LogP) is 6.02. The predicted molar refractivity (Wildman–Crippen MR) is 108 cm³/mol. The van der Waals surface area contributed by atoms with Gasteiger partial charge in [0.25, 0.3) is 0 Å². The van der Waals surface area contributed by atoms with Gasteiger partial charge in [-0.25, -0.2) is 0 Å². The molecule has 1 aromatic carbocycles. The summed E-state index contributed by atoms with van der Waals surface area (Å²) in [6.07, 6.45) is 13.0. The molecule has 0 bridgehead atoms. The van der Waals surface area contributed by atoms with E-state index in [9.17, 15) is 0 Å². The Labute approximate surface area is 155 Å². The van der Waals surface area contributed by atoms with E-state index in [-0.39, 0.29) is 0 Å². The Morgan fingerprint density at radius 2 is 2.00 bits per heavy atom. The molecule has 0 amide bonds. The van der Waals surface area contributed by atoms with E-state index >= 15 is 0 Å². The molecule has 0 unspecified atom stereocenters. The highest BCUT2D eigenvalue weighted by atomic mass is 35.5. The molecule has 0 aromatic heterocycles. The average Bonchev–Trinajstić information content (AvgIpc) is 3.12. The summed E-state index contributed by atoms with van der Waals surface area (Å²) >= 11 is 6.48. The molecule has 2 nitrogen and oxygen atoms in total. The molecular formula is C22H25ClN2. The molecular weight excluding hydrogens is 328 g/mol. The van der Waals surface area contributed by atoms with Crippen LogP contribution in [0.4, 0.5) is 0 Å². The number of rotatable bonds is 5. The summed E-state index contributed by atoms with van der Waals surface area (Å²) < 4.78 is 0. The van der Waals surface area contributed by atoms with Gasteiger partial charge in [-0.3, -0.25) is 0 Å². The van der Waals surface area contributed by atoms with Crippen LogP contribution in [-0.2, 0) is 0 Å². The van der Waals surface area contributed by atoms with Gasteiger partial charge in [0, 0.05) is 34.1 Å². The van der Waals surface area contributed by atoms with Gasteiger partial charge in [0.1, 0.15) is 5.82 Å². The highest BCUT2D eigenvalue weighted by Gasteiger charge is 2.23. The van der Waals surface area contributed by atoms with Crippen LogP contribution < -0.4 is 5.32 Å². The van der Waals surface area contributed by atoms with Crippen LogP contribution in [0.25, 0.3) is 5.57 Å². The molecule has 2 aliphatic rings. The lowest BCUT2D eigenvalue weighted by Crippen LogP contribution is -2.35. The normalized spacial score (nSPS) is 18.9. The third-order valence-corrected chi connectivity index (χ3v) is 5.22. The first-order valence-electron chi connectivity index (χ1n) is 8.83. The van der Waals surface area contributed by atoms with Crippen LogP contribution in [0.3, 0.4) is 0 Å². The Kier molecular flexibility index (Phi) is 5.50. The van der Waals surface area contributed by atoms with E-state index in [1.165, 1.54) is 25.7 Å². The molecule has 1 heterocycles. The van der Waals surface area contributed by atoms with E-state index in [0.717, 1.165) is 33.3 Å². The topological polar surface area (TPSA) is 15.3 Å². The van der Waals surface area contributed by atoms with Crippen molar-refractivity contribution >= 4 is 17.2 Å². The van der Waals surface area contributed by atoms with Crippen LogP contribution in [-0.4, -0.2) is 10.9 Å². The third kappa shape index (κ3) is 3.74. The maximum absolute atomic E-state index is 6.48. The fraction of sp³-hybridized carbons (Fsp3) is 0.273. The first-order valence-corrected chi connectivity index (χ1v) is 9.21. The van der Waals surface area contributed by atoms with Crippen LogP contribution in [0, 0.1) is 0 Å². The maximum Gasteiger partial charge on any atom is 0.118 e. The van der Waals surface area contributed by atoms with E-state index in [0.29, 0.717) is 6.04 Å². The second kappa shape index (κ2) is 7.79. The van der Waals surface area contributed by atoms with Crippen molar-refractivity contribution in [3.8, 4) is 0 Å². The zero-order valence-electron chi connectivity index (χ0n) is 14.8. The number of hydrogen-bond donors (Lipinski definition) is 1. The van der Waals surface area contributed by atoms with Crippen molar-refractivity contribution in [2.75, 3.05) is 0 Å². The fourth-order valence-electron chi connectivity index (χ4n) is 3.41. The van der Waals surface area contributed by atoms with Gasteiger partial charge in [0.2, 0.25) is 0 Å². The monoisotopic (exact) mass is 352 g/mol. The van der Waals surface area contributed by atoms with Gasteiger partial charge in [0.05, 0.1) is 0 Å². The first kappa shape index (κ1) is 17.6. The van der Waals surface area contributed by atoms with Crippen molar-refractivity contribution in [1.29, 1.82) is 0 Å². The van der Waals surface area contributed by atoms with Crippen molar-refractivity contribution in [1.82, 2.24) is 10.2 Å². The molecule has 1 aromatic rings. The number of allylic oxidation sites excluding steroid dienone is 5. The molecule has 3 rings (SSSR count). The van der Waals surface area contributed by atoms with E-state index < -0.39 is 0 Å². The van der Waals surface area contributed by atoms with Crippen molar-refractivity contribution in [3.05, 3.63) is 89.5 Å². The van der Waals surface area contributed by atoms with Crippen LogP contribution in [0.1, 0.15) is 38.2 Å². The van der Waals surface area contributed by atoms with Gasteiger partial charge in [-0.15, -0.1) is 0 Å². The zero-order valence-corrected chi connectivity index (χ0v) is 15.5. The number of nitrogens with one attached hydrogen (secondary N) is 1. The Bertz CT molecular complexity index is 764. The largest absolute Gasteiger partial charge is 0.368 e. The van der Waals surface area contributed by atoms with E-state index in [1.54, 1.807) is 0 Å². The third-order valence-electron chi connectivity index (χ3n) is 4.89. The van der Waals surface area contributed by atoms with E-state index in [2.05, 4.69) is 36.4 Å². The SMILES string of the molecule is C=C/C(=C(/NC1CCCC1)N1C=CC=C(C)C1=C)c1ccccc1Cl. The maximum atomic E-state index is 6.48. The second-order valence-electron chi connectivity index (χ2n) is 6.58. The fourth-order valence-corrected chi connectivity index (χ4v) is 3.65. The van der Waals surface area contributed by atoms with Gasteiger partial charge in [-0.2, -0.15) is 0 Å². The summed E-state index contributed by atoms with van der Waals surface area (Å²) in [6.45, 7) is 10.4. The Morgan fingerprint density at radius 1 is 1.28 bits per heavy atom. The highest BCUT2D eigenvalue weighted by Crippen LogP contribution is 2.32. The smallest absolute Gasteiger partial charge is 0.118 e. The van der Waals surface area contributed by atoms with Crippen molar-refractivity contribution < 1.29 is 0 Å². The number of halogens is 1. The van der Waals surface area contributed by atoms with Gasteiger partial charge >= 0.3 is 0 Å². The van der Waals surface area contributed by atoms with Crippen LogP contribution in [0.15, 0.2) is 78.9 Å². The van der Waals surface area contributed by atoms with Crippen molar-refractivity contribution in [3.63, 3.8) is 0 Å². The molecule has 0 spiro atoms. The van der Waals surface area contributed by atoms with Crippen molar-refractivity contribution in [2.45, 2.75) is 38.6 Å². The molecule has 1 saturated carbocycles. The van der Waals surface area contributed by atoms with Gasteiger partial charge in [0.15, 0.2) is 0 Å². The Hall–Kier alpha value is -2.19. The number of nitrogens with zero attached hydrogens (tertiary/aromatic N) is 1. The molecule has 0 saturated heterocycles. The molecule has 0 radical (unpaired) electrons. The summed E-state index contributed by atoms with van der Waals surface area (Å²) in [4.78, 5) is 2.12. The molecule has 25 heavy (non-hydrogen) atoms. The molecule has 130 valence electrons. The molecule has 1 N–H and O–H groups in total. The van der Waals surface area contributed by atoms with Gasteiger partial charge < -0.3 is 10.2 Å². The van der Waals surface area contributed by atoms with Crippen LogP contribution >= 0.6 is 11.6 Å². The Balaban J connectivity index is 2.09. The minimum Gasteiger partial charge on any atom is -0.368 e. The quantitative estimate of drug-likeness (QED) is 0.652. The standard InChI is InChI=1S/C22H25ClN2/c1-4-19(20-13-7-8-14-21(20)23)22(24-18-11-5-6-12-18)25-15-9-10-16(2)17(25)3/h4,7-10,13-15,18,24H,1,3,5-6,11-12H2,2H3/b22-19+. The second-order valence-corrected chi connectivity index (χ2v) is 6.99. The number of benzene rings is 1. The summed E-state index contributed by atoms with van der Waals surface area (Å²) in [5, 5.41) is 4.47. The Morgan fingerprint density at radius 3 is 2.68 bits per heavy atom. The summed E-state index contributed by atoms with van der Waals surface area (Å²) in [6, 6.07) is 8.38. The highest BCUT2D eigenvalue weighted by molar-refractivity contribution is 6.32. The average molecular weight is 353 g/mol. The lowest BCUT2D eigenvalue weighted by atomic mass is 10.0. The molecule has 1 aliphatic heterocycles. The molecule has 1 fully saturated rings. The molecule has 0 atom stereocenters. The van der Waals surface area contributed by atoms with E-state index in [4.69, 9.17) is 11.6 Å². The first-order chi connectivity index (χ1) is 12.1. The molecule has 1 aliphatic carbocycles. The van der Waals surface area contributed by atoms with Gasteiger partial charge in [-0.05, 0) is 37.5 Å². The number of hydrogen-bond acceptors (Lipinski definition) is 2. The van der Waals surface area contributed by atoms with Crippen LogP contribution in [0.2, 0.25) is 5.02 Å². The minimum atomic E-state index is 0.472. The summed E-state index contributed by atoms with van der Waals surface area (Å²) in [5.41, 5.74) is 4.09. The van der Waals surface area contributed by atoms with Gasteiger partial charge in [-0.1, -0.05) is 68.0 Å². The zero-order chi connectivity index (χ0) is 17.8. The molecule has 3 heteroatoms.